The van der Waals surface area contributed by atoms with E-state index in [-0.39, 0.29) is 30.1 Å². The van der Waals surface area contributed by atoms with Gasteiger partial charge in [-0.3, -0.25) is 4.99 Å². The van der Waals surface area contributed by atoms with Crippen molar-refractivity contribution in [2.45, 2.75) is 32.8 Å². The minimum Gasteiger partial charge on any atom is -0.391 e. The van der Waals surface area contributed by atoms with Crippen LogP contribution < -0.4 is 5.32 Å². The van der Waals surface area contributed by atoms with Crippen LogP contribution in [-0.4, -0.2) is 53.2 Å². The molecule has 0 radical (unpaired) electrons. The van der Waals surface area contributed by atoms with Gasteiger partial charge in [0.2, 0.25) is 0 Å². The molecule has 1 aromatic heterocycles. The van der Waals surface area contributed by atoms with Crippen LogP contribution in [0, 0.1) is 6.92 Å². The van der Waals surface area contributed by atoms with Crippen LogP contribution in [-0.2, 0) is 6.42 Å². The van der Waals surface area contributed by atoms with Crippen molar-refractivity contribution in [2.75, 3.05) is 26.2 Å². The highest BCUT2D eigenvalue weighted by Crippen LogP contribution is 2.22. The maximum Gasteiger partial charge on any atom is 0.194 e. The number of aliphatic imine (C=N–C) groups is 1. The molecule has 1 saturated heterocycles. The van der Waals surface area contributed by atoms with Gasteiger partial charge >= 0.3 is 0 Å². The van der Waals surface area contributed by atoms with E-state index in [9.17, 15) is 5.11 Å². The smallest absolute Gasteiger partial charge is 0.194 e. The Morgan fingerprint density at radius 2 is 2.21 bits per heavy atom. The summed E-state index contributed by atoms with van der Waals surface area (Å²) in [6.07, 6.45) is 1.52. The lowest BCUT2D eigenvalue weighted by Crippen LogP contribution is -2.40. The van der Waals surface area contributed by atoms with Crippen LogP contribution in [0.5, 0.6) is 0 Å². The van der Waals surface area contributed by atoms with Gasteiger partial charge in [0, 0.05) is 42.8 Å². The van der Waals surface area contributed by atoms with Crippen LogP contribution in [0.3, 0.4) is 0 Å². The maximum absolute atomic E-state index is 9.72. The van der Waals surface area contributed by atoms with Gasteiger partial charge in [0.1, 0.15) is 0 Å². The van der Waals surface area contributed by atoms with Gasteiger partial charge in [-0.1, -0.05) is 18.2 Å². The first-order valence-electron chi connectivity index (χ1n) is 8.46. The Hall–Kier alpha value is -1.28. The number of nitrogens with one attached hydrogen (secondary N) is 2. The molecule has 3 rings (SSSR count). The fraction of sp³-hybridized carbons (Fsp3) is 0.500. The van der Waals surface area contributed by atoms with Crippen LogP contribution >= 0.6 is 24.0 Å². The lowest BCUT2D eigenvalue weighted by molar-refractivity contribution is 0.188. The zero-order valence-corrected chi connectivity index (χ0v) is 16.7. The molecule has 0 bridgehead atoms. The van der Waals surface area contributed by atoms with E-state index in [4.69, 9.17) is 4.99 Å². The zero-order chi connectivity index (χ0) is 16.2. The van der Waals surface area contributed by atoms with Crippen molar-refractivity contribution in [3.8, 4) is 0 Å². The molecule has 132 valence electrons. The topological polar surface area (TPSA) is 63.7 Å². The van der Waals surface area contributed by atoms with Crippen LogP contribution in [0.25, 0.3) is 10.9 Å². The molecule has 1 atom stereocenters. The first-order chi connectivity index (χ1) is 11.2. The highest BCUT2D eigenvalue weighted by molar-refractivity contribution is 14.0. The third kappa shape index (κ3) is 4.22. The van der Waals surface area contributed by atoms with E-state index < -0.39 is 0 Å². The number of aryl methyl sites for hydroxylation is 1. The predicted octanol–water partition coefficient (Wildman–Crippen LogP) is 2.67. The fourth-order valence-corrected chi connectivity index (χ4v) is 3.29. The summed E-state index contributed by atoms with van der Waals surface area (Å²) in [5.74, 6) is 0.918. The maximum atomic E-state index is 9.72. The number of aromatic amines is 1. The first kappa shape index (κ1) is 19.1. The molecule has 6 heteroatoms. The number of aromatic nitrogens is 1. The Kier molecular flexibility index (Phi) is 6.91. The van der Waals surface area contributed by atoms with Crippen molar-refractivity contribution in [3.63, 3.8) is 0 Å². The number of aliphatic hydroxyl groups excluding tert-OH is 1. The Bertz CT molecular complexity index is 697. The standard InChI is InChI=1S/C18H26N4O.HI/c1-3-19-18(22-11-9-14(23)12-22)20-10-8-15-13(2)21-17-7-5-4-6-16(15)17;/h4-7,14,21,23H,3,8-12H2,1-2H3,(H,19,20);1H/t14-;/m1./s1. The number of H-pyrrole nitrogens is 1. The van der Waals surface area contributed by atoms with Crippen molar-refractivity contribution in [1.29, 1.82) is 0 Å². The monoisotopic (exact) mass is 442 g/mol. The normalized spacial score (nSPS) is 18.0. The Balaban J connectivity index is 0.00000208. The van der Waals surface area contributed by atoms with Gasteiger partial charge in [0.05, 0.1) is 6.10 Å². The number of rotatable bonds is 4. The summed E-state index contributed by atoms with van der Waals surface area (Å²) in [5.41, 5.74) is 3.77. The molecule has 1 aliphatic rings. The average Bonchev–Trinajstić information content (AvgIpc) is 3.10. The number of β-amino-alcohol motifs (C(OH)–C–C–N with tert-alkyl or cyclic N) is 1. The van der Waals surface area contributed by atoms with Gasteiger partial charge in [-0.15, -0.1) is 24.0 Å². The molecule has 2 heterocycles. The van der Waals surface area contributed by atoms with Gasteiger partial charge < -0.3 is 20.3 Å². The van der Waals surface area contributed by atoms with Crippen LogP contribution in [0.1, 0.15) is 24.6 Å². The van der Waals surface area contributed by atoms with Gasteiger partial charge in [-0.25, -0.2) is 0 Å². The number of likely N-dealkylation sites (tertiary alicyclic amines) is 1. The van der Waals surface area contributed by atoms with E-state index in [1.54, 1.807) is 0 Å². The number of para-hydroxylation sites is 1. The lowest BCUT2D eigenvalue weighted by atomic mass is 10.1. The second-order valence-corrected chi connectivity index (χ2v) is 6.15. The Morgan fingerprint density at radius 1 is 1.42 bits per heavy atom. The second kappa shape index (κ2) is 8.71. The largest absolute Gasteiger partial charge is 0.391 e. The van der Waals surface area contributed by atoms with Crippen molar-refractivity contribution in [1.82, 2.24) is 15.2 Å². The first-order valence-corrected chi connectivity index (χ1v) is 8.46. The third-order valence-corrected chi connectivity index (χ3v) is 4.45. The number of guanidine groups is 1. The molecular formula is C18H27IN4O. The molecular weight excluding hydrogens is 415 g/mol. The number of benzene rings is 1. The van der Waals surface area contributed by atoms with Gasteiger partial charge in [0.25, 0.3) is 0 Å². The summed E-state index contributed by atoms with van der Waals surface area (Å²) >= 11 is 0. The molecule has 0 spiro atoms. The molecule has 1 fully saturated rings. The quantitative estimate of drug-likeness (QED) is 0.388. The van der Waals surface area contributed by atoms with Crippen LogP contribution in [0.2, 0.25) is 0 Å². The van der Waals surface area contributed by atoms with E-state index in [0.717, 1.165) is 38.4 Å². The molecule has 1 aromatic carbocycles. The fourth-order valence-electron chi connectivity index (χ4n) is 3.29. The van der Waals surface area contributed by atoms with E-state index >= 15 is 0 Å². The highest BCUT2D eigenvalue weighted by Gasteiger charge is 2.22. The molecule has 24 heavy (non-hydrogen) atoms. The Morgan fingerprint density at radius 3 is 2.92 bits per heavy atom. The molecule has 1 aliphatic heterocycles. The number of hydrogen-bond donors (Lipinski definition) is 3. The summed E-state index contributed by atoms with van der Waals surface area (Å²) < 4.78 is 0. The van der Waals surface area contributed by atoms with Gasteiger partial charge in [0.15, 0.2) is 5.96 Å². The van der Waals surface area contributed by atoms with E-state index in [2.05, 4.69) is 53.3 Å². The second-order valence-electron chi connectivity index (χ2n) is 6.15. The summed E-state index contributed by atoms with van der Waals surface area (Å²) in [4.78, 5) is 10.4. The summed E-state index contributed by atoms with van der Waals surface area (Å²) in [6.45, 7) is 7.35. The van der Waals surface area contributed by atoms with Crippen molar-refractivity contribution < 1.29 is 5.11 Å². The molecule has 2 aromatic rings. The number of fused-ring (bicyclic) bond motifs is 1. The Labute approximate surface area is 160 Å². The number of halogens is 1. The molecule has 5 nitrogen and oxygen atoms in total. The van der Waals surface area contributed by atoms with Gasteiger partial charge in [-0.2, -0.15) is 0 Å². The molecule has 0 aliphatic carbocycles. The minimum atomic E-state index is -0.227. The molecule has 0 saturated carbocycles. The number of nitrogens with zero attached hydrogens (tertiary/aromatic N) is 2. The molecule has 0 unspecified atom stereocenters. The molecule has 0 amide bonds. The van der Waals surface area contributed by atoms with Crippen LogP contribution in [0.4, 0.5) is 0 Å². The SMILES string of the molecule is CCNC(=NCCc1c(C)[nH]c2ccccc12)N1CC[C@@H](O)C1.I. The number of hydrogen-bond acceptors (Lipinski definition) is 2. The zero-order valence-electron chi connectivity index (χ0n) is 14.4. The summed E-state index contributed by atoms with van der Waals surface area (Å²) in [7, 11) is 0. The van der Waals surface area contributed by atoms with Crippen molar-refractivity contribution in [2.24, 2.45) is 4.99 Å². The summed E-state index contributed by atoms with van der Waals surface area (Å²) in [5, 5.41) is 14.3. The predicted molar refractivity (Wildman–Crippen MR) is 110 cm³/mol. The summed E-state index contributed by atoms with van der Waals surface area (Å²) in [6, 6.07) is 8.42. The van der Waals surface area contributed by atoms with Crippen molar-refractivity contribution in [3.05, 3.63) is 35.5 Å². The van der Waals surface area contributed by atoms with E-state index in [0.29, 0.717) is 6.54 Å². The minimum absolute atomic E-state index is 0. The molecule has 3 N–H and O–H groups in total. The van der Waals surface area contributed by atoms with Crippen molar-refractivity contribution >= 4 is 40.8 Å². The number of aliphatic hydroxyl groups is 1. The van der Waals surface area contributed by atoms with Crippen LogP contribution in [0.15, 0.2) is 29.3 Å². The average molecular weight is 442 g/mol. The van der Waals surface area contributed by atoms with E-state index in [1.165, 1.54) is 22.2 Å². The van der Waals surface area contributed by atoms with Gasteiger partial charge in [-0.05, 0) is 38.3 Å². The highest BCUT2D eigenvalue weighted by atomic mass is 127. The third-order valence-electron chi connectivity index (χ3n) is 4.45. The lowest BCUT2D eigenvalue weighted by Gasteiger charge is -2.20. The van der Waals surface area contributed by atoms with E-state index in [1.807, 2.05) is 0 Å².